The third-order valence-corrected chi connectivity index (χ3v) is 4.53. The first-order valence-corrected chi connectivity index (χ1v) is 9.81. The van der Waals surface area contributed by atoms with E-state index < -0.39 is 0 Å². The Labute approximate surface area is 138 Å². The van der Waals surface area contributed by atoms with Gasteiger partial charge in [0.25, 0.3) is 0 Å². The minimum atomic E-state index is 1.13. The second kappa shape index (κ2) is 13.8. The molecule has 1 heterocycles. The van der Waals surface area contributed by atoms with Crippen molar-refractivity contribution >= 4 is 0 Å². The molecule has 0 radical (unpaired) electrons. The van der Waals surface area contributed by atoms with Crippen LogP contribution >= 0.6 is 0 Å². The summed E-state index contributed by atoms with van der Waals surface area (Å²) in [5, 5.41) is 0. The summed E-state index contributed by atoms with van der Waals surface area (Å²) in [4.78, 5) is 4.26. The Kier molecular flexibility index (Phi) is 12.1. The van der Waals surface area contributed by atoms with Crippen molar-refractivity contribution in [2.24, 2.45) is 0 Å². The summed E-state index contributed by atoms with van der Waals surface area (Å²) >= 11 is 0. The second-order valence-corrected chi connectivity index (χ2v) is 6.85. The molecule has 22 heavy (non-hydrogen) atoms. The van der Waals surface area contributed by atoms with Gasteiger partial charge in [0.2, 0.25) is 0 Å². The average molecular weight is 307 g/mol. The Morgan fingerprint density at radius 3 is 1.59 bits per heavy atom. The zero-order valence-corrected chi connectivity index (χ0v) is 15.2. The van der Waals surface area contributed by atoms with Crippen molar-refractivity contribution in [3.63, 3.8) is 0 Å². The van der Waals surface area contributed by atoms with Gasteiger partial charge in [-0.1, -0.05) is 90.4 Å². The monoisotopic (exact) mass is 306 g/mol. The molecule has 1 aromatic rings. The zero-order valence-electron chi connectivity index (χ0n) is 15.2. The van der Waals surface area contributed by atoms with Crippen LogP contribution in [0.15, 0.2) is 12.5 Å². The van der Waals surface area contributed by atoms with Gasteiger partial charge < -0.3 is 4.57 Å². The third-order valence-electron chi connectivity index (χ3n) is 4.53. The van der Waals surface area contributed by atoms with Crippen molar-refractivity contribution < 1.29 is 0 Å². The molecule has 2 nitrogen and oxygen atoms in total. The van der Waals surface area contributed by atoms with Crippen LogP contribution in [0.4, 0.5) is 0 Å². The molecule has 0 fully saturated rings. The van der Waals surface area contributed by atoms with E-state index >= 15 is 0 Å². The predicted molar refractivity (Wildman–Crippen MR) is 97.3 cm³/mol. The summed E-state index contributed by atoms with van der Waals surface area (Å²) < 4.78 is 2.22. The van der Waals surface area contributed by atoms with Gasteiger partial charge in [-0.25, -0.2) is 4.98 Å². The molecule has 0 N–H and O–H groups in total. The number of rotatable bonds is 15. The Balaban J connectivity index is 1.73. The van der Waals surface area contributed by atoms with Crippen molar-refractivity contribution in [1.29, 1.82) is 0 Å². The van der Waals surface area contributed by atoms with Crippen LogP contribution in [0.1, 0.15) is 103 Å². The molecule has 1 rings (SSSR count). The van der Waals surface area contributed by atoms with Crippen LogP contribution in [-0.4, -0.2) is 9.55 Å². The van der Waals surface area contributed by atoms with E-state index in [0.717, 1.165) is 12.2 Å². The molecule has 0 saturated heterocycles. The van der Waals surface area contributed by atoms with Gasteiger partial charge in [-0.15, -0.1) is 0 Å². The van der Waals surface area contributed by atoms with Crippen LogP contribution in [0, 0.1) is 6.92 Å². The van der Waals surface area contributed by atoms with E-state index in [4.69, 9.17) is 0 Å². The lowest BCUT2D eigenvalue weighted by Crippen LogP contribution is -1.94. The van der Waals surface area contributed by atoms with Crippen LogP contribution in [0.25, 0.3) is 0 Å². The van der Waals surface area contributed by atoms with Crippen molar-refractivity contribution in [3.8, 4) is 0 Å². The third kappa shape index (κ3) is 10.9. The Hall–Kier alpha value is -0.790. The van der Waals surface area contributed by atoms with Gasteiger partial charge in [-0.3, -0.25) is 0 Å². The molecule has 0 spiro atoms. The molecule has 0 unspecified atom stereocenters. The number of nitrogens with zero attached hydrogens (tertiary/aromatic N) is 2. The molecule has 2 heteroatoms. The van der Waals surface area contributed by atoms with Gasteiger partial charge in [0, 0.05) is 12.7 Å². The topological polar surface area (TPSA) is 17.8 Å². The highest BCUT2D eigenvalue weighted by atomic mass is 15.0. The quantitative estimate of drug-likeness (QED) is 0.331. The molecule has 128 valence electrons. The first-order valence-electron chi connectivity index (χ1n) is 9.81. The van der Waals surface area contributed by atoms with Crippen LogP contribution in [0.5, 0.6) is 0 Å². The largest absolute Gasteiger partial charge is 0.337 e. The normalized spacial score (nSPS) is 11.2. The molecule has 0 amide bonds. The molecular formula is C20H38N2. The summed E-state index contributed by atoms with van der Waals surface area (Å²) in [7, 11) is 0. The van der Waals surface area contributed by atoms with Crippen LogP contribution in [0.3, 0.4) is 0 Å². The molecule has 0 bridgehead atoms. The summed E-state index contributed by atoms with van der Waals surface area (Å²) in [6.45, 7) is 5.49. The lowest BCUT2D eigenvalue weighted by Gasteiger charge is -2.04. The summed E-state index contributed by atoms with van der Waals surface area (Å²) in [6, 6.07) is 0. The van der Waals surface area contributed by atoms with Crippen LogP contribution in [-0.2, 0) is 6.54 Å². The number of aryl methyl sites for hydroxylation is 2. The van der Waals surface area contributed by atoms with E-state index in [0.29, 0.717) is 0 Å². The summed E-state index contributed by atoms with van der Waals surface area (Å²) in [5.41, 5.74) is 1.13. The predicted octanol–water partition coefficient (Wildman–Crippen LogP) is 6.67. The molecule has 0 aromatic carbocycles. The Morgan fingerprint density at radius 1 is 0.727 bits per heavy atom. The average Bonchev–Trinajstić information content (AvgIpc) is 2.93. The van der Waals surface area contributed by atoms with Gasteiger partial charge >= 0.3 is 0 Å². The van der Waals surface area contributed by atoms with Gasteiger partial charge in [0.05, 0.1) is 12.0 Å². The van der Waals surface area contributed by atoms with Crippen molar-refractivity contribution in [3.05, 3.63) is 18.2 Å². The number of unbranched alkanes of at least 4 members (excludes halogenated alkanes) is 13. The summed E-state index contributed by atoms with van der Waals surface area (Å²) in [6.07, 6.45) is 24.1. The van der Waals surface area contributed by atoms with E-state index in [9.17, 15) is 0 Å². The minimum Gasteiger partial charge on any atom is -0.337 e. The maximum atomic E-state index is 4.26. The van der Waals surface area contributed by atoms with E-state index in [1.807, 2.05) is 6.33 Å². The van der Waals surface area contributed by atoms with E-state index in [1.54, 1.807) is 0 Å². The molecule has 0 aliphatic carbocycles. The molecule has 1 aromatic heterocycles. The number of aromatic nitrogens is 2. The van der Waals surface area contributed by atoms with Gasteiger partial charge in [-0.05, 0) is 13.3 Å². The highest BCUT2D eigenvalue weighted by Gasteiger charge is 1.95. The minimum absolute atomic E-state index is 1.13. The van der Waals surface area contributed by atoms with Crippen LogP contribution in [0.2, 0.25) is 0 Å². The van der Waals surface area contributed by atoms with Gasteiger partial charge in [0.1, 0.15) is 0 Å². The lowest BCUT2D eigenvalue weighted by molar-refractivity contribution is 0.524. The molecule has 0 saturated carbocycles. The standard InChI is InChI=1S/C20H38N2/c1-3-4-5-6-7-8-9-10-11-12-13-14-15-16-17-22-18-20(2)21-19-22/h18-19H,3-17H2,1-2H3. The van der Waals surface area contributed by atoms with Crippen molar-refractivity contribution in [1.82, 2.24) is 9.55 Å². The molecule has 0 aliphatic heterocycles. The fourth-order valence-corrected chi connectivity index (χ4v) is 3.08. The Bertz CT molecular complexity index is 343. The smallest absolute Gasteiger partial charge is 0.0949 e. The fourth-order valence-electron chi connectivity index (χ4n) is 3.08. The lowest BCUT2D eigenvalue weighted by atomic mass is 10.0. The molecule has 0 atom stereocenters. The first kappa shape index (κ1) is 19.3. The summed E-state index contributed by atoms with van der Waals surface area (Å²) in [5.74, 6) is 0. The van der Waals surface area contributed by atoms with Crippen LogP contribution < -0.4 is 0 Å². The van der Waals surface area contributed by atoms with E-state index in [1.165, 1.54) is 89.9 Å². The highest BCUT2D eigenvalue weighted by Crippen LogP contribution is 2.13. The van der Waals surface area contributed by atoms with E-state index in [2.05, 4.69) is 29.6 Å². The fraction of sp³-hybridized carbons (Fsp3) is 0.850. The first-order chi connectivity index (χ1) is 10.8. The molecule has 0 aliphatic rings. The van der Waals surface area contributed by atoms with Crippen molar-refractivity contribution in [2.75, 3.05) is 0 Å². The number of hydrogen-bond donors (Lipinski definition) is 0. The zero-order chi connectivity index (χ0) is 15.9. The highest BCUT2D eigenvalue weighted by molar-refractivity contribution is 4.91. The number of hydrogen-bond acceptors (Lipinski definition) is 1. The SMILES string of the molecule is CCCCCCCCCCCCCCCCn1cnc(C)c1. The molecular weight excluding hydrogens is 268 g/mol. The van der Waals surface area contributed by atoms with E-state index in [-0.39, 0.29) is 0 Å². The Morgan fingerprint density at radius 2 is 1.18 bits per heavy atom. The van der Waals surface area contributed by atoms with Crippen molar-refractivity contribution in [2.45, 2.75) is 110 Å². The van der Waals surface area contributed by atoms with Gasteiger partial charge in [0.15, 0.2) is 0 Å². The maximum absolute atomic E-state index is 4.26. The second-order valence-electron chi connectivity index (χ2n) is 6.85. The maximum Gasteiger partial charge on any atom is 0.0949 e. The van der Waals surface area contributed by atoms with Gasteiger partial charge in [-0.2, -0.15) is 0 Å². The number of imidazole rings is 1.